The normalized spacial score (nSPS) is 26.0. The van der Waals surface area contributed by atoms with Gasteiger partial charge in [-0.15, -0.1) is 0 Å². The van der Waals surface area contributed by atoms with Crippen LogP contribution in [0, 0.1) is 0 Å². The van der Waals surface area contributed by atoms with Crippen LogP contribution < -0.4 is 0 Å². The molecule has 1 fully saturated rings. The number of hydrogen-bond donors (Lipinski definition) is 0. The fraction of sp³-hybridized carbons (Fsp3) is 0.600. The molecule has 0 N–H and O–H groups in total. The number of aliphatic imine (C=N–C) groups is 1. The van der Waals surface area contributed by atoms with Crippen molar-refractivity contribution in [1.29, 1.82) is 0 Å². The Morgan fingerprint density at radius 3 is 2.57 bits per heavy atom. The molecule has 0 aromatic heterocycles. The summed E-state index contributed by atoms with van der Waals surface area (Å²) in [6, 6.07) is 0.0613. The highest BCUT2D eigenvalue weighted by Crippen LogP contribution is 2.23. The van der Waals surface area contributed by atoms with Crippen LogP contribution in [-0.4, -0.2) is 24.2 Å². The van der Waals surface area contributed by atoms with Crippen LogP contribution in [0.5, 0.6) is 0 Å². The molecule has 0 atom stereocenters. The van der Waals surface area contributed by atoms with Gasteiger partial charge in [0.25, 0.3) is 0 Å². The van der Waals surface area contributed by atoms with E-state index in [9.17, 15) is 9.59 Å². The van der Waals surface area contributed by atoms with Crippen molar-refractivity contribution in [2.24, 2.45) is 4.99 Å². The van der Waals surface area contributed by atoms with Crippen molar-refractivity contribution in [3.05, 3.63) is 12.7 Å². The van der Waals surface area contributed by atoms with Gasteiger partial charge in [0.15, 0.2) is 0 Å². The summed E-state index contributed by atoms with van der Waals surface area (Å²) in [6.07, 6.45) is 5.76. The second-order valence-corrected chi connectivity index (χ2v) is 3.29. The molecule has 0 aliphatic heterocycles. The van der Waals surface area contributed by atoms with E-state index in [0.717, 1.165) is 31.8 Å². The van der Waals surface area contributed by atoms with Gasteiger partial charge in [-0.25, -0.2) is 14.6 Å². The van der Waals surface area contributed by atoms with Crippen LogP contribution in [0.4, 0.5) is 0 Å². The van der Waals surface area contributed by atoms with Crippen molar-refractivity contribution in [3.8, 4) is 0 Å². The fourth-order valence-electron chi connectivity index (χ4n) is 1.58. The first-order chi connectivity index (χ1) is 6.76. The number of carbonyl (C=O) groups is 1. The SMILES string of the molecule is C=CC(=O)OC1CCC(N=C=O)CC1. The van der Waals surface area contributed by atoms with E-state index < -0.39 is 0 Å². The van der Waals surface area contributed by atoms with Gasteiger partial charge in [-0.2, -0.15) is 0 Å². The highest BCUT2D eigenvalue weighted by atomic mass is 16.5. The number of ether oxygens (including phenoxy) is 1. The van der Waals surface area contributed by atoms with Gasteiger partial charge in [0.2, 0.25) is 6.08 Å². The van der Waals surface area contributed by atoms with Crippen LogP contribution >= 0.6 is 0 Å². The molecule has 0 aromatic carbocycles. The molecule has 4 heteroatoms. The van der Waals surface area contributed by atoms with Crippen LogP contribution in [0.1, 0.15) is 25.7 Å². The molecule has 1 rings (SSSR count). The van der Waals surface area contributed by atoms with Gasteiger partial charge in [-0.1, -0.05) is 6.58 Å². The highest BCUT2D eigenvalue weighted by Gasteiger charge is 2.22. The largest absolute Gasteiger partial charge is 0.459 e. The van der Waals surface area contributed by atoms with Crippen LogP contribution in [-0.2, 0) is 14.3 Å². The van der Waals surface area contributed by atoms with E-state index in [1.165, 1.54) is 0 Å². The van der Waals surface area contributed by atoms with E-state index in [2.05, 4.69) is 11.6 Å². The molecule has 1 saturated carbocycles. The third-order valence-electron chi connectivity index (χ3n) is 2.33. The zero-order chi connectivity index (χ0) is 10.4. The van der Waals surface area contributed by atoms with Crippen molar-refractivity contribution in [2.45, 2.75) is 37.8 Å². The Morgan fingerprint density at radius 1 is 1.43 bits per heavy atom. The van der Waals surface area contributed by atoms with Crippen LogP contribution in [0.3, 0.4) is 0 Å². The van der Waals surface area contributed by atoms with Crippen molar-refractivity contribution in [3.63, 3.8) is 0 Å². The zero-order valence-corrected chi connectivity index (χ0v) is 7.94. The quantitative estimate of drug-likeness (QED) is 0.296. The molecule has 14 heavy (non-hydrogen) atoms. The molecule has 0 amide bonds. The summed E-state index contributed by atoms with van der Waals surface area (Å²) in [5.74, 6) is -0.382. The van der Waals surface area contributed by atoms with Gasteiger partial charge in [0, 0.05) is 6.08 Å². The third-order valence-corrected chi connectivity index (χ3v) is 2.33. The average Bonchev–Trinajstić information content (AvgIpc) is 2.21. The Morgan fingerprint density at radius 2 is 2.07 bits per heavy atom. The zero-order valence-electron chi connectivity index (χ0n) is 7.94. The summed E-state index contributed by atoms with van der Waals surface area (Å²) in [5.41, 5.74) is 0. The monoisotopic (exact) mass is 195 g/mol. The number of isocyanates is 1. The molecule has 0 radical (unpaired) electrons. The number of nitrogens with zero attached hydrogens (tertiary/aromatic N) is 1. The molecule has 4 nitrogen and oxygen atoms in total. The summed E-state index contributed by atoms with van der Waals surface area (Å²) in [4.78, 5) is 24.5. The highest BCUT2D eigenvalue weighted by molar-refractivity contribution is 5.81. The topological polar surface area (TPSA) is 55.7 Å². The van der Waals surface area contributed by atoms with E-state index in [0.29, 0.717) is 0 Å². The Labute approximate surface area is 82.7 Å². The number of carbonyl (C=O) groups excluding carboxylic acids is 2. The smallest absolute Gasteiger partial charge is 0.330 e. The van der Waals surface area contributed by atoms with Gasteiger partial charge < -0.3 is 4.74 Å². The minimum absolute atomic E-state index is 0.0430. The first kappa shape index (κ1) is 10.7. The second-order valence-electron chi connectivity index (χ2n) is 3.29. The van der Waals surface area contributed by atoms with Crippen molar-refractivity contribution >= 4 is 12.0 Å². The maximum Gasteiger partial charge on any atom is 0.330 e. The van der Waals surface area contributed by atoms with E-state index in [4.69, 9.17) is 4.74 Å². The molecule has 0 aromatic rings. The molecule has 1 aliphatic rings. The summed E-state index contributed by atoms with van der Waals surface area (Å²) in [7, 11) is 0. The van der Waals surface area contributed by atoms with Crippen molar-refractivity contribution < 1.29 is 14.3 Å². The molecule has 0 unspecified atom stereocenters. The molecular weight excluding hydrogens is 182 g/mol. The lowest BCUT2D eigenvalue weighted by Crippen LogP contribution is -2.25. The molecule has 0 heterocycles. The second kappa shape index (κ2) is 5.35. The molecule has 0 spiro atoms. The molecule has 1 aliphatic carbocycles. The van der Waals surface area contributed by atoms with Crippen molar-refractivity contribution in [1.82, 2.24) is 0 Å². The minimum Gasteiger partial charge on any atom is -0.459 e. The number of esters is 1. The Bertz CT molecular complexity index is 261. The average molecular weight is 195 g/mol. The van der Waals surface area contributed by atoms with Gasteiger partial charge in [-0.3, -0.25) is 0 Å². The molecule has 0 saturated heterocycles. The lowest BCUT2D eigenvalue weighted by molar-refractivity contribution is -0.144. The van der Waals surface area contributed by atoms with Gasteiger partial charge in [0.1, 0.15) is 6.10 Å². The van der Waals surface area contributed by atoms with E-state index in [1.54, 1.807) is 6.08 Å². The van der Waals surface area contributed by atoms with Crippen LogP contribution in [0.15, 0.2) is 17.6 Å². The first-order valence-electron chi connectivity index (χ1n) is 4.66. The summed E-state index contributed by atoms with van der Waals surface area (Å²) in [5, 5.41) is 0. The first-order valence-corrected chi connectivity index (χ1v) is 4.66. The predicted octanol–water partition coefficient (Wildman–Crippen LogP) is 1.36. The van der Waals surface area contributed by atoms with E-state index >= 15 is 0 Å². The lowest BCUT2D eigenvalue weighted by Gasteiger charge is -2.24. The van der Waals surface area contributed by atoms with Crippen LogP contribution in [0.2, 0.25) is 0 Å². The maximum atomic E-state index is 10.9. The Balaban J connectivity index is 2.31. The third kappa shape index (κ3) is 3.15. The summed E-state index contributed by atoms with van der Waals surface area (Å²) < 4.78 is 5.07. The van der Waals surface area contributed by atoms with E-state index in [1.807, 2.05) is 0 Å². The number of hydrogen-bond acceptors (Lipinski definition) is 4. The summed E-state index contributed by atoms with van der Waals surface area (Å²) in [6.45, 7) is 3.33. The Hall–Kier alpha value is -1.41. The minimum atomic E-state index is -0.382. The van der Waals surface area contributed by atoms with Gasteiger partial charge in [-0.05, 0) is 25.7 Å². The fourth-order valence-corrected chi connectivity index (χ4v) is 1.58. The molecular formula is C10H13NO3. The van der Waals surface area contributed by atoms with Crippen molar-refractivity contribution in [2.75, 3.05) is 0 Å². The summed E-state index contributed by atoms with van der Waals surface area (Å²) >= 11 is 0. The Kier molecular flexibility index (Phi) is 4.08. The number of rotatable bonds is 3. The van der Waals surface area contributed by atoms with Gasteiger partial charge >= 0.3 is 5.97 Å². The van der Waals surface area contributed by atoms with Crippen LogP contribution in [0.25, 0.3) is 0 Å². The molecule has 76 valence electrons. The van der Waals surface area contributed by atoms with Gasteiger partial charge in [0.05, 0.1) is 6.04 Å². The lowest BCUT2D eigenvalue weighted by atomic mass is 9.93. The predicted molar refractivity (Wildman–Crippen MR) is 50.5 cm³/mol. The standard InChI is InChI=1S/C10H13NO3/c1-2-10(13)14-9-5-3-8(4-6-9)11-7-12/h2,8-9H,1,3-6H2. The maximum absolute atomic E-state index is 10.9. The molecule has 0 bridgehead atoms. The van der Waals surface area contributed by atoms with E-state index in [-0.39, 0.29) is 18.1 Å².